The molecular weight excluding hydrogens is 541 g/mol. The minimum Gasteiger partial charge on any atom is -0.507 e. The van der Waals surface area contributed by atoms with Gasteiger partial charge in [0.05, 0.1) is 43.0 Å². The van der Waals surface area contributed by atoms with Gasteiger partial charge in [0, 0.05) is 10.7 Å². The molecule has 10 heteroatoms. The van der Waals surface area contributed by atoms with Crippen LogP contribution in [0.5, 0.6) is 17.2 Å². The Morgan fingerprint density at radius 1 is 0.946 bits per heavy atom. The van der Waals surface area contributed by atoms with Crippen molar-refractivity contribution in [2.75, 3.05) is 25.7 Å². The van der Waals surface area contributed by atoms with Crippen LogP contribution in [0.3, 0.4) is 0 Å². The van der Waals surface area contributed by atoms with Crippen molar-refractivity contribution in [2.24, 2.45) is 0 Å². The molecule has 0 aliphatic carbocycles. The van der Waals surface area contributed by atoms with E-state index >= 15 is 0 Å². The van der Waals surface area contributed by atoms with Crippen LogP contribution in [-0.4, -0.2) is 37.6 Å². The van der Waals surface area contributed by atoms with Crippen LogP contribution >= 0.6 is 34.8 Å². The van der Waals surface area contributed by atoms with Gasteiger partial charge in [0.25, 0.3) is 11.7 Å². The zero-order valence-corrected chi connectivity index (χ0v) is 22.3. The van der Waals surface area contributed by atoms with Crippen LogP contribution in [0.4, 0.5) is 5.69 Å². The Labute approximate surface area is 228 Å². The number of hydrogen-bond acceptors (Lipinski definition) is 6. The monoisotopic (exact) mass is 561 g/mol. The topological polar surface area (TPSA) is 85.3 Å². The first-order valence-corrected chi connectivity index (χ1v) is 12.3. The third kappa shape index (κ3) is 4.82. The highest BCUT2D eigenvalue weighted by atomic mass is 35.5. The van der Waals surface area contributed by atoms with Gasteiger partial charge in [-0.1, -0.05) is 46.9 Å². The molecule has 1 saturated heterocycles. The van der Waals surface area contributed by atoms with Gasteiger partial charge in [-0.15, -0.1) is 0 Å². The number of halogens is 3. The fourth-order valence-electron chi connectivity index (χ4n) is 4.22. The summed E-state index contributed by atoms with van der Waals surface area (Å²) in [5, 5.41) is 12.1. The molecule has 192 valence electrons. The number of anilines is 1. The molecule has 37 heavy (non-hydrogen) atoms. The molecular formula is C27H22Cl3NO6. The third-order valence-corrected chi connectivity index (χ3v) is 6.73. The maximum absolute atomic E-state index is 13.4. The summed E-state index contributed by atoms with van der Waals surface area (Å²) in [6.45, 7) is 2.34. The Balaban J connectivity index is 1.98. The van der Waals surface area contributed by atoms with Gasteiger partial charge in [0.2, 0.25) is 0 Å². The summed E-state index contributed by atoms with van der Waals surface area (Å²) in [5.41, 5.74) is 0.842. The van der Waals surface area contributed by atoms with E-state index in [1.807, 2.05) is 6.92 Å². The lowest BCUT2D eigenvalue weighted by atomic mass is 9.94. The average Bonchev–Trinajstić information content (AvgIpc) is 3.15. The van der Waals surface area contributed by atoms with Crippen molar-refractivity contribution in [3.63, 3.8) is 0 Å². The van der Waals surface area contributed by atoms with Gasteiger partial charge in [-0.05, 0) is 55.0 Å². The number of benzene rings is 3. The SMILES string of the molecule is CCOc1ccc(C2/C(=C(\O)c3cc(Cl)c(OC)c(Cl)c3OC)C(=O)C(=O)N2c2ccc(Cl)cc2)cc1. The summed E-state index contributed by atoms with van der Waals surface area (Å²) in [6, 6.07) is 13.7. The fourth-order valence-corrected chi connectivity index (χ4v) is 5.03. The van der Waals surface area contributed by atoms with Crippen LogP contribution in [0, 0.1) is 0 Å². The highest BCUT2D eigenvalue weighted by molar-refractivity contribution is 6.52. The Bertz CT molecular complexity index is 1390. The number of ether oxygens (including phenoxy) is 3. The highest BCUT2D eigenvalue weighted by Gasteiger charge is 2.47. The lowest BCUT2D eigenvalue weighted by Gasteiger charge is -2.26. The fraction of sp³-hybridized carbons (Fsp3) is 0.185. The number of carbonyl (C=O) groups is 2. The zero-order chi connectivity index (χ0) is 26.9. The van der Waals surface area contributed by atoms with Crippen LogP contribution in [0.1, 0.15) is 24.1 Å². The Morgan fingerprint density at radius 2 is 1.57 bits per heavy atom. The van der Waals surface area contributed by atoms with E-state index in [2.05, 4.69) is 0 Å². The predicted molar refractivity (Wildman–Crippen MR) is 143 cm³/mol. The summed E-state index contributed by atoms with van der Waals surface area (Å²) in [7, 11) is 2.73. The summed E-state index contributed by atoms with van der Waals surface area (Å²) in [6.07, 6.45) is 0. The van der Waals surface area contributed by atoms with E-state index < -0.39 is 23.5 Å². The number of ketones is 1. The van der Waals surface area contributed by atoms with Crippen molar-refractivity contribution in [1.82, 2.24) is 0 Å². The van der Waals surface area contributed by atoms with Gasteiger partial charge in [-0.25, -0.2) is 0 Å². The van der Waals surface area contributed by atoms with Crippen LogP contribution < -0.4 is 19.1 Å². The molecule has 1 heterocycles. The van der Waals surface area contributed by atoms with Gasteiger partial charge < -0.3 is 19.3 Å². The average molecular weight is 563 g/mol. The predicted octanol–water partition coefficient (Wildman–Crippen LogP) is 6.69. The van der Waals surface area contributed by atoms with Crippen LogP contribution in [0.15, 0.2) is 60.2 Å². The molecule has 4 rings (SSSR count). The number of hydrogen-bond donors (Lipinski definition) is 1. The molecule has 0 saturated carbocycles. The lowest BCUT2D eigenvalue weighted by molar-refractivity contribution is -0.132. The van der Waals surface area contributed by atoms with Crippen LogP contribution in [0.25, 0.3) is 5.76 Å². The van der Waals surface area contributed by atoms with E-state index in [1.54, 1.807) is 48.5 Å². The third-order valence-electron chi connectivity index (χ3n) is 5.85. The van der Waals surface area contributed by atoms with Crippen molar-refractivity contribution in [3.05, 3.63) is 86.4 Å². The summed E-state index contributed by atoms with van der Waals surface area (Å²) < 4.78 is 16.2. The molecule has 1 aliphatic heterocycles. The molecule has 3 aromatic carbocycles. The van der Waals surface area contributed by atoms with E-state index in [0.717, 1.165) is 0 Å². The van der Waals surface area contributed by atoms with Crippen molar-refractivity contribution in [1.29, 1.82) is 0 Å². The molecule has 1 amide bonds. The minimum absolute atomic E-state index is 0.00333. The van der Waals surface area contributed by atoms with Crippen molar-refractivity contribution >= 4 is 57.9 Å². The van der Waals surface area contributed by atoms with E-state index in [-0.39, 0.29) is 32.7 Å². The van der Waals surface area contributed by atoms with Crippen molar-refractivity contribution in [2.45, 2.75) is 13.0 Å². The van der Waals surface area contributed by atoms with E-state index in [4.69, 9.17) is 49.0 Å². The van der Waals surface area contributed by atoms with Gasteiger partial charge in [0.15, 0.2) is 11.5 Å². The quantitative estimate of drug-likeness (QED) is 0.196. The van der Waals surface area contributed by atoms with Crippen molar-refractivity contribution in [3.8, 4) is 17.2 Å². The second-order valence-electron chi connectivity index (χ2n) is 7.93. The Kier molecular flexibility index (Phi) is 7.87. The smallest absolute Gasteiger partial charge is 0.300 e. The number of Topliss-reactive ketones (excluding diaryl/α,β-unsaturated/α-hetero) is 1. The lowest BCUT2D eigenvalue weighted by Crippen LogP contribution is -2.29. The maximum Gasteiger partial charge on any atom is 0.300 e. The van der Waals surface area contributed by atoms with E-state index in [9.17, 15) is 14.7 Å². The molecule has 1 aliphatic rings. The van der Waals surface area contributed by atoms with Gasteiger partial charge in [-0.3, -0.25) is 14.5 Å². The number of nitrogens with zero attached hydrogens (tertiary/aromatic N) is 1. The largest absolute Gasteiger partial charge is 0.507 e. The van der Waals surface area contributed by atoms with Crippen LogP contribution in [-0.2, 0) is 9.59 Å². The van der Waals surface area contributed by atoms with Crippen LogP contribution in [0.2, 0.25) is 15.1 Å². The first kappa shape index (κ1) is 26.7. The molecule has 0 spiro atoms. The number of carbonyl (C=O) groups excluding carboxylic acids is 2. The molecule has 1 unspecified atom stereocenters. The molecule has 7 nitrogen and oxygen atoms in total. The number of rotatable bonds is 7. The first-order chi connectivity index (χ1) is 17.7. The summed E-state index contributed by atoms with van der Waals surface area (Å²) >= 11 is 18.8. The van der Waals surface area contributed by atoms with Gasteiger partial charge in [0.1, 0.15) is 16.5 Å². The number of aliphatic hydroxyl groups excluding tert-OH is 1. The van der Waals surface area contributed by atoms with Gasteiger partial charge in [-0.2, -0.15) is 0 Å². The summed E-state index contributed by atoms with van der Waals surface area (Å²) in [5.74, 6) is -1.43. The summed E-state index contributed by atoms with van der Waals surface area (Å²) in [4.78, 5) is 28.1. The number of aliphatic hydroxyl groups is 1. The molecule has 0 radical (unpaired) electrons. The molecule has 0 bridgehead atoms. The Morgan fingerprint density at radius 3 is 2.14 bits per heavy atom. The molecule has 0 aromatic heterocycles. The van der Waals surface area contributed by atoms with E-state index in [1.165, 1.54) is 25.2 Å². The number of methoxy groups -OCH3 is 2. The molecule has 1 N–H and O–H groups in total. The minimum atomic E-state index is -0.985. The Hall–Kier alpha value is -3.39. The van der Waals surface area contributed by atoms with Crippen molar-refractivity contribution < 1.29 is 28.9 Å². The normalized spacial score (nSPS) is 16.7. The second-order valence-corrected chi connectivity index (χ2v) is 9.16. The molecule has 1 atom stereocenters. The molecule has 3 aromatic rings. The first-order valence-electron chi connectivity index (χ1n) is 11.1. The number of amides is 1. The second kappa shape index (κ2) is 10.9. The standard InChI is InChI=1S/C27H22Cl3NO6/c1-4-37-17-11-5-14(6-12-17)22-20(24(33)27(34)31(22)16-9-7-15(28)8-10-16)23(32)18-13-19(29)26(36-3)21(30)25(18)35-2/h5-13,22,32H,4H2,1-3H3/b23-20+. The maximum atomic E-state index is 13.4. The van der Waals surface area contributed by atoms with E-state index in [0.29, 0.717) is 28.6 Å². The zero-order valence-electron chi connectivity index (χ0n) is 20.1. The molecule has 1 fully saturated rings. The highest BCUT2D eigenvalue weighted by Crippen LogP contribution is 2.48. The van der Waals surface area contributed by atoms with Gasteiger partial charge >= 0.3 is 0 Å².